The van der Waals surface area contributed by atoms with Gasteiger partial charge in [-0.3, -0.25) is 9.69 Å². The summed E-state index contributed by atoms with van der Waals surface area (Å²) in [6, 6.07) is 0.565. The summed E-state index contributed by atoms with van der Waals surface area (Å²) in [6.45, 7) is 10.2. The van der Waals surface area contributed by atoms with Crippen LogP contribution in [-0.4, -0.2) is 35.1 Å². The average Bonchev–Trinajstić information content (AvgIpc) is 2.26. The van der Waals surface area contributed by atoms with Crippen molar-refractivity contribution in [3.63, 3.8) is 0 Å². The van der Waals surface area contributed by atoms with Crippen LogP contribution < -0.4 is 0 Å². The molecule has 1 rings (SSSR count). The lowest BCUT2D eigenvalue weighted by molar-refractivity contribution is -0.142. The summed E-state index contributed by atoms with van der Waals surface area (Å²) in [6.07, 6.45) is 3.89. The zero-order chi connectivity index (χ0) is 13.0. The Bertz CT molecular complexity index is 245. The highest BCUT2D eigenvalue weighted by molar-refractivity contribution is 5.69. The Labute approximate surface area is 105 Å². The molecule has 3 nitrogen and oxygen atoms in total. The molecule has 0 amide bonds. The fraction of sp³-hybridized carbons (Fsp3) is 0.929. The van der Waals surface area contributed by atoms with Crippen LogP contribution in [0.5, 0.6) is 0 Å². The molecular weight excluding hydrogens is 214 g/mol. The normalized spacial score (nSPS) is 31.5. The highest BCUT2D eigenvalue weighted by atomic mass is 16.4. The number of aliphatic carboxylic acids is 1. The maximum absolute atomic E-state index is 11.0. The van der Waals surface area contributed by atoms with Gasteiger partial charge in [-0.25, -0.2) is 0 Å². The van der Waals surface area contributed by atoms with Gasteiger partial charge in [0.25, 0.3) is 0 Å². The molecule has 0 aliphatic heterocycles. The van der Waals surface area contributed by atoms with Crippen molar-refractivity contribution in [1.29, 1.82) is 0 Å². The first-order valence-electron chi connectivity index (χ1n) is 6.94. The van der Waals surface area contributed by atoms with Crippen LogP contribution in [0.4, 0.5) is 0 Å². The van der Waals surface area contributed by atoms with Crippen molar-refractivity contribution in [3.05, 3.63) is 0 Å². The average molecular weight is 241 g/mol. The van der Waals surface area contributed by atoms with Crippen molar-refractivity contribution in [3.8, 4) is 0 Å². The van der Waals surface area contributed by atoms with Crippen LogP contribution in [0.25, 0.3) is 0 Å². The summed E-state index contributed by atoms with van der Waals surface area (Å²) in [5, 5.41) is 9.03. The molecule has 1 fully saturated rings. The van der Waals surface area contributed by atoms with E-state index < -0.39 is 5.97 Å². The smallest absolute Gasteiger partial charge is 0.307 e. The number of hydrogen-bond donors (Lipinski definition) is 1. The third kappa shape index (κ3) is 3.70. The molecule has 0 heterocycles. The van der Waals surface area contributed by atoms with E-state index >= 15 is 0 Å². The van der Waals surface area contributed by atoms with E-state index in [4.69, 9.17) is 5.11 Å². The maximum Gasteiger partial charge on any atom is 0.307 e. The second kappa shape index (κ2) is 6.39. The molecular formula is C14H27NO2. The highest BCUT2D eigenvalue weighted by Gasteiger charge is 2.33. The monoisotopic (exact) mass is 241 g/mol. The Morgan fingerprint density at radius 1 is 1.35 bits per heavy atom. The van der Waals surface area contributed by atoms with Gasteiger partial charge >= 0.3 is 5.97 Å². The molecule has 17 heavy (non-hydrogen) atoms. The number of hydrogen-bond acceptors (Lipinski definition) is 2. The van der Waals surface area contributed by atoms with E-state index in [1.807, 2.05) is 6.92 Å². The van der Waals surface area contributed by atoms with Gasteiger partial charge in [0.15, 0.2) is 0 Å². The Balaban J connectivity index is 2.67. The van der Waals surface area contributed by atoms with Crippen LogP contribution in [-0.2, 0) is 4.79 Å². The molecule has 0 aromatic carbocycles. The lowest BCUT2D eigenvalue weighted by Crippen LogP contribution is -2.48. The third-order valence-electron chi connectivity index (χ3n) is 4.24. The SMILES string of the molecule is CCN(CC(C)C(=O)O)C1C(C)CCCC1C. The molecule has 1 N–H and O–H groups in total. The molecule has 0 aromatic heterocycles. The molecule has 0 spiro atoms. The Hall–Kier alpha value is -0.570. The predicted octanol–water partition coefficient (Wildman–Crippen LogP) is 2.85. The van der Waals surface area contributed by atoms with E-state index in [1.54, 1.807) is 0 Å². The lowest BCUT2D eigenvalue weighted by Gasteiger charge is -2.43. The van der Waals surface area contributed by atoms with Gasteiger partial charge in [0, 0.05) is 12.6 Å². The molecule has 0 aromatic rings. The first-order chi connectivity index (χ1) is 7.97. The minimum atomic E-state index is -0.681. The van der Waals surface area contributed by atoms with Crippen molar-refractivity contribution in [2.24, 2.45) is 17.8 Å². The minimum absolute atomic E-state index is 0.267. The lowest BCUT2D eigenvalue weighted by atomic mass is 9.77. The Morgan fingerprint density at radius 3 is 2.29 bits per heavy atom. The van der Waals surface area contributed by atoms with Gasteiger partial charge < -0.3 is 5.11 Å². The van der Waals surface area contributed by atoms with Gasteiger partial charge in [0.05, 0.1) is 5.92 Å². The van der Waals surface area contributed by atoms with Crippen molar-refractivity contribution in [2.75, 3.05) is 13.1 Å². The summed E-state index contributed by atoms with van der Waals surface area (Å²) < 4.78 is 0. The molecule has 3 heteroatoms. The van der Waals surface area contributed by atoms with Crippen molar-refractivity contribution < 1.29 is 9.90 Å². The van der Waals surface area contributed by atoms with Crippen LogP contribution in [0.2, 0.25) is 0 Å². The van der Waals surface area contributed by atoms with E-state index in [1.165, 1.54) is 19.3 Å². The quantitative estimate of drug-likeness (QED) is 0.804. The van der Waals surface area contributed by atoms with E-state index in [0.29, 0.717) is 24.4 Å². The zero-order valence-electron chi connectivity index (χ0n) is 11.6. The number of carbonyl (C=O) groups is 1. The number of rotatable bonds is 5. The zero-order valence-corrected chi connectivity index (χ0v) is 11.6. The molecule has 3 atom stereocenters. The summed E-state index contributed by atoms with van der Waals surface area (Å²) in [4.78, 5) is 13.4. The highest BCUT2D eigenvalue weighted by Crippen LogP contribution is 2.32. The summed E-state index contributed by atoms with van der Waals surface area (Å²) in [5.41, 5.74) is 0. The Kier molecular flexibility index (Phi) is 5.44. The maximum atomic E-state index is 11.0. The van der Waals surface area contributed by atoms with Gasteiger partial charge in [0.2, 0.25) is 0 Å². The summed E-state index contributed by atoms with van der Waals surface area (Å²) >= 11 is 0. The number of nitrogens with zero attached hydrogens (tertiary/aromatic N) is 1. The van der Waals surface area contributed by atoms with Gasteiger partial charge in [-0.15, -0.1) is 0 Å². The molecule has 1 aliphatic rings. The van der Waals surface area contributed by atoms with E-state index in [9.17, 15) is 4.79 Å². The molecule has 3 unspecified atom stereocenters. The van der Waals surface area contributed by atoms with Gasteiger partial charge in [0.1, 0.15) is 0 Å². The van der Waals surface area contributed by atoms with E-state index in [0.717, 1.165) is 6.54 Å². The van der Waals surface area contributed by atoms with Gasteiger partial charge in [-0.1, -0.05) is 34.1 Å². The predicted molar refractivity (Wildman–Crippen MR) is 70.0 cm³/mol. The Morgan fingerprint density at radius 2 is 1.88 bits per heavy atom. The largest absolute Gasteiger partial charge is 0.481 e. The fourth-order valence-electron chi connectivity index (χ4n) is 3.28. The second-order valence-corrected chi connectivity index (χ2v) is 5.70. The topological polar surface area (TPSA) is 40.5 Å². The van der Waals surface area contributed by atoms with Crippen molar-refractivity contribution in [1.82, 2.24) is 4.90 Å². The van der Waals surface area contributed by atoms with Gasteiger partial charge in [-0.05, 0) is 31.2 Å². The third-order valence-corrected chi connectivity index (χ3v) is 4.24. The van der Waals surface area contributed by atoms with E-state index in [2.05, 4.69) is 25.7 Å². The fourth-order valence-corrected chi connectivity index (χ4v) is 3.28. The number of carboxylic acid groups (broad SMARTS) is 1. The molecule has 1 saturated carbocycles. The van der Waals surface area contributed by atoms with Gasteiger partial charge in [-0.2, -0.15) is 0 Å². The van der Waals surface area contributed by atoms with Crippen LogP contribution >= 0.6 is 0 Å². The molecule has 0 saturated heterocycles. The molecule has 0 radical (unpaired) electrons. The van der Waals surface area contributed by atoms with Crippen LogP contribution in [0.3, 0.4) is 0 Å². The van der Waals surface area contributed by atoms with Crippen LogP contribution in [0.15, 0.2) is 0 Å². The number of carboxylic acids is 1. The van der Waals surface area contributed by atoms with Crippen LogP contribution in [0.1, 0.15) is 47.0 Å². The molecule has 0 bridgehead atoms. The summed E-state index contributed by atoms with van der Waals surface area (Å²) in [5.74, 6) is 0.440. The first kappa shape index (κ1) is 14.5. The van der Waals surface area contributed by atoms with Crippen LogP contribution in [0, 0.1) is 17.8 Å². The second-order valence-electron chi connectivity index (χ2n) is 5.70. The molecule has 100 valence electrons. The minimum Gasteiger partial charge on any atom is -0.481 e. The van der Waals surface area contributed by atoms with Crippen molar-refractivity contribution in [2.45, 2.75) is 53.0 Å². The van der Waals surface area contributed by atoms with E-state index in [-0.39, 0.29) is 5.92 Å². The summed E-state index contributed by atoms with van der Waals surface area (Å²) in [7, 11) is 0. The van der Waals surface area contributed by atoms with Crippen molar-refractivity contribution >= 4 is 5.97 Å². The molecule has 1 aliphatic carbocycles. The standard InChI is InChI=1S/C14H27NO2/c1-5-15(9-12(4)14(16)17)13-10(2)7-6-8-11(13)3/h10-13H,5-9H2,1-4H3,(H,16,17). The first-order valence-corrected chi connectivity index (χ1v) is 6.94.